The van der Waals surface area contributed by atoms with Crippen molar-refractivity contribution in [3.05, 3.63) is 0 Å². The Morgan fingerprint density at radius 3 is 2.00 bits per heavy atom. The van der Waals surface area contributed by atoms with E-state index in [0.29, 0.717) is 26.1 Å². The van der Waals surface area contributed by atoms with Gasteiger partial charge in [0, 0.05) is 6.61 Å². The molecule has 0 saturated heterocycles. The zero-order valence-corrected chi connectivity index (χ0v) is 23.3. The fraction of sp³-hybridized carbons (Fsp3) is 0.950. The summed E-state index contributed by atoms with van der Waals surface area (Å²) in [4.78, 5) is 10.6. The summed E-state index contributed by atoms with van der Waals surface area (Å²) in [7, 11) is -5.49. The summed E-state index contributed by atoms with van der Waals surface area (Å²) in [5.74, 6) is -0.939. The first kappa shape index (κ1) is 29.9. The molecule has 0 bridgehead atoms. The van der Waals surface area contributed by atoms with Crippen LogP contribution in [0.5, 0.6) is 0 Å². The SMILES string of the molecule is C[Si](C)(C)O[Si](C)(C)O[Si](C)(C)CCCOCC(O)CCCCCC[C@H](N)C(=O)O. The number of aliphatic carboxylic acids is 1. The molecule has 0 amide bonds. The first-order chi connectivity index (χ1) is 13.6. The number of carboxylic acid groups (broad SMARTS) is 1. The predicted octanol–water partition coefficient (Wildman–Crippen LogP) is 4.28. The van der Waals surface area contributed by atoms with Crippen molar-refractivity contribution in [3.8, 4) is 0 Å². The third kappa shape index (κ3) is 17.6. The van der Waals surface area contributed by atoms with E-state index in [0.717, 1.165) is 38.1 Å². The van der Waals surface area contributed by atoms with Crippen LogP contribution in [0.3, 0.4) is 0 Å². The predicted molar refractivity (Wildman–Crippen MR) is 130 cm³/mol. The van der Waals surface area contributed by atoms with Crippen LogP contribution in [-0.2, 0) is 17.8 Å². The van der Waals surface area contributed by atoms with Crippen LogP contribution in [0.1, 0.15) is 44.9 Å². The number of aliphatic hydroxyl groups excluding tert-OH is 1. The van der Waals surface area contributed by atoms with E-state index in [1.165, 1.54) is 0 Å². The molecule has 0 aromatic heterocycles. The molecule has 0 rings (SSSR count). The summed E-state index contributed by atoms with van der Waals surface area (Å²) in [6.45, 7) is 16.4. The number of unbranched alkanes of at least 4 members (excludes halogenated alkanes) is 3. The summed E-state index contributed by atoms with van der Waals surface area (Å²) in [6.07, 6.45) is 5.35. The summed E-state index contributed by atoms with van der Waals surface area (Å²) in [6, 6.07) is 0.260. The van der Waals surface area contributed by atoms with Gasteiger partial charge >= 0.3 is 14.5 Å². The first-order valence-electron chi connectivity index (χ1n) is 11.3. The fourth-order valence-corrected chi connectivity index (χ4v) is 16.8. The van der Waals surface area contributed by atoms with Gasteiger partial charge in [-0.1, -0.05) is 25.7 Å². The highest BCUT2D eigenvalue weighted by Crippen LogP contribution is 2.23. The molecule has 0 aliphatic carbocycles. The second-order valence-corrected chi connectivity index (χ2v) is 22.9. The van der Waals surface area contributed by atoms with Gasteiger partial charge in [-0.15, -0.1) is 0 Å². The lowest BCUT2D eigenvalue weighted by Gasteiger charge is -2.37. The fourth-order valence-electron chi connectivity index (χ4n) is 3.60. The van der Waals surface area contributed by atoms with Crippen molar-refractivity contribution in [1.82, 2.24) is 0 Å². The van der Waals surface area contributed by atoms with Crippen molar-refractivity contribution in [2.24, 2.45) is 5.73 Å². The van der Waals surface area contributed by atoms with Gasteiger partial charge < -0.3 is 28.9 Å². The lowest BCUT2D eigenvalue weighted by molar-refractivity contribution is -0.138. The van der Waals surface area contributed by atoms with Crippen LogP contribution >= 0.6 is 0 Å². The van der Waals surface area contributed by atoms with Crippen molar-refractivity contribution in [2.45, 2.75) is 109 Å². The minimum Gasteiger partial charge on any atom is -0.480 e. The molecule has 1 unspecified atom stereocenters. The van der Waals surface area contributed by atoms with Gasteiger partial charge in [-0.3, -0.25) is 4.79 Å². The van der Waals surface area contributed by atoms with E-state index in [2.05, 4.69) is 45.8 Å². The Morgan fingerprint density at radius 2 is 1.47 bits per heavy atom. The van der Waals surface area contributed by atoms with Crippen LogP contribution in [0.25, 0.3) is 0 Å². The maximum Gasteiger partial charge on any atom is 0.320 e. The Labute approximate surface area is 187 Å². The third-order valence-electron chi connectivity index (χ3n) is 4.57. The second kappa shape index (κ2) is 14.1. The van der Waals surface area contributed by atoms with Gasteiger partial charge in [-0.2, -0.15) is 0 Å². The van der Waals surface area contributed by atoms with Crippen LogP contribution < -0.4 is 5.73 Å². The average Bonchev–Trinajstić information content (AvgIpc) is 2.53. The summed E-state index contributed by atoms with van der Waals surface area (Å²) in [5, 5.41) is 18.8. The number of rotatable bonds is 18. The summed E-state index contributed by atoms with van der Waals surface area (Å²) >= 11 is 0. The number of nitrogens with two attached hydrogens (primary N) is 1. The molecule has 0 aliphatic rings. The number of carboxylic acids is 1. The van der Waals surface area contributed by atoms with E-state index in [1.807, 2.05) is 0 Å². The lowest BCUT2D eigenvalue weighted by Crippen LogP contribution is -2.51. The molecule has 2 atom stereocenters. The Hall–Kier alpha value is -0.0794. The molecule has 0 radical (unpaired) electrons. The van der Waals surface area contributed by atoms with Gasteiger partial charge in [0.2, 0.25) is 0 Å². The Balaban J connectivity index is 3.82. The lowest BCUT2D eigenvalue weighted by atomic mass is 10.1. The number of ether oxygens (including phenoxy) is 1. The van der Waals surface area contributed by atoms with E-state index in [9.17, 15) is 9.90 Å². The molecule has 0 aliphatic heterocycles. The molecule has 4 N–H and O–H groups in total. The van der Waals surface area contributed by atoms with E-state index in [-0.39, 0.29) is 0 Å². The van der Waals surface area contributed by atoms with Crippen LogP contribution in [0.4, 0.5) is 0 Å². The van der Waals surface area contributed by atoms with Crippen molar-refractivity contribution in [1.29, 1.82) is 0 Å². The Morgan fingerprint density at radius 1 is 0.900 bits per heavy atom. The van der Waals surface area contributed by atoms with Crippen molar-refractivity contribution < 1.29 is 28.0 Å². The second-order valence-electron chi connectivity index (χ2n) is 10.2. The number of aliphatic hydroxyl groups is 1. The smallest absolute Gasteiger partial charge is 0.320 e. The molecule has 30 heavy (non-hydrogen) atoms. The van der Waals surface area contributed by atoms with Crippen molar-refractivity contribution >= 4 is 31.2 Å². The van der Waals surface area contributed by atoms with Crippen LogP contribution in [-0.4, -0.2) is 66.7 Å². The summed E-state index contributed by atoms with van der Waals surface area (Å²) < 4.78 is 18.4. The Kier molecular flexibility index (Phi) is 14.1. The molecule has 7 nitrogen and oxygen atoms in total. The van der Waals surface area contributed by atoms with Gasteiger partial charge in [0.25, 0.3) is 0 Å². The molecular weight excluding hydrogens is 434 g/mol. The number of hydrogen-bond donors (Lipinski definition) is 3. The minimum atomic E-state index is -2.09. The third-order valence-corrected chi connectivity index (χ3v) is 14.7. The summed E-state index contributed by atoms with van der Waals surface area (Å²) in [5.41, 5.74) is 5.48. The highest BCUT2D eigenvalue weighted by molar-refractivity contribution is 6.87. The van der Waals surface area contributed by atoms with E-state index in [4.69, 9.17) is 23.8 Å². The Bertz CT molecular complexity index is 486. The van der Waals surface area contributed by atoms with Crippen LogP contribution in [0, 0.1) is 0 Å². The van der Waals surface area contributed by atoms with E-state index < -0.39 is 43.3 Å². The molecule has 0 aromatic rings. The van der Waals surface area contributed by atoms with Gasteiger partial charge in [-0.25, -0.2) is 0 Å². The maximum atomic E-state index is 10.6. The van der Waals surface area contributed by atoms with Gasteiger partial charge in [0.15, 0.2) is 16.6 Å². The van der Waals surface area contributed by atoms with Gasteiger partial charge in [-0.05, 0) is 71.1 Å². The molecule has 180 valence electrons. The molecule has 0 spiro atoms. The quantitative estimate of drug-likeness (QED) is 0.198. The monoisotopic (exact) mass is 481 g/mol. The van der Waals surface area contributed by atoms with Crippen molar-refractivity contribution in [2.75, 3.05) is 13.2 Å². The van der Waals surface area contributed by atoms with Crippen LogP contribution in [0.15, 0.2) is 0 Å². The minimum absolute atomic E-state index is 0.367. The number of carbonyl (C=O) groups is 1. The largest absolute Gasteiger partial charge is 0.480 e. The maximum absolute atomic E-state index is 10.6. The molecule has 0 aromatic carbocycles. The van der Waals surface area contributed by atoms with Gasteiger partial charge in [0.1, 0.15) is 6.04 Å². The topological polar surface area (TPSA) is 111 Å². The molecular formula is C20H47NO6Si3. The molecule has 0 heterocycles. The zero-order chi connectivity index (χ0) is 23.4. The first-order valence-corrected chi connectivity index (χ1v) is 20.6. The van der Waals surface area contributed by atoms with E-state index in [1.54, 1.807) is 0 Å². The highest BCUT2D eigenvalue weighted by atomic mass is 28.5. The average molecular weight is 482 g/mol. The standard InChI is InChI=1S/C20H47NO6Si3/c1-28(2,3)26-30(6,7)27-29(4,5)16-12-15-25-17-18(22)13-10-8-9-11-14-19(21)20(23)24/h18-19,22H,8-17,21H2,1-7H3,(H,23,24)/t18?,19-/m0/s1. The van der Waals surface area contributed by atoms with Crippen molar-refractivity contribution in [3.63, 3.8) is 0 Å². The normalized spacial score (nSPS) is 15.2. The molecule has 0 saturated carbocycles. The molecule has 0 fully saturated rings. The van der Waals surface area contributed by atoms with Gasteiger partial charge in [0.05, 0.1) is 12.7 Å². The van der Waals surface area contributed by atoms with E-state index >= 15 is 0 Å². The van der Waals surface area contributed by atoms with Crippen LogP contribution in [0.2, 0.25) is 51.9 Å². The highest BCUT2D eigenvalue weighted by Gasteiger charge is 2.37. The zero-order valence-electron chi connectivity index (χ0n) is 20.3. The molecule has 10 heteroatoms. The number of hydrogen-bond acceptors (Lipinski definition) is 6.